The van der Waals surface area contributed by atoms with Crippen molar-refractivity contribution in [3.8, 4) is 11.1 Å². The highest BCUT2D eigenvalue weighted by molar-refractivity contribution is 5.79. The first-order valence-electron chi connectivity index (χ1n) is 7.65. The summed E-state index contributed by atoms with van der Waals surface area (Å²) in [4.78, 5) is 12.9. The molecule has 0 aromatic carbocycles. The van der Waals surface area contributed by atoms with Crippen molar-refractivity contribution in [2.24, 2.45) is 7.05 Å². The van der Waals surface area contributed by atoms with Gasteiger partial charge in [-0.3, -0.25) is 9.08 Å². The summed E-state index contributed by atoms with van der Waals surface area (Å²) in [6, 6.07) is 2.00. The van der Waals surface area contributed by atoms with E-state index in [1.54, 1.807) is 34.0 Å². The summed E-state index contributed by atoms with van der Waals surface area (Å²) in [6.45, 7) is 0. The Kier molecular flexibility index (Phi) is 2.80. The van der Waals surface area contributed by atoms with Crippen LogP contribution in [0, 0.1) is 0 Å². The summed E-state index contributed by atoms with van der Waals surface area (Å²) in [7, 11) is 1.86. The lowest BCUT2D eigenvalue weighted by Crippen LogP contribution is -2.01. The number of nitrogens with one attached hydrogen (secondary N) is 1. The van der Waals surface area contributed by atoms with Gasteiger partial charge in [0.1, 0.15) is 0 Å². The average molecular weight is 331 g/mol. The van der Waals surface area contributed by atoms with Gasteiger partial charge in [-0.1, -0.05) is 0 Å². The largest absolute Gasteiger partial charge is 0.320 e. The number of rotatable bonds is 3. The predicted octanol–water partition coefficient (Wildman–Crippen LogP) is 1.92. The molecular formula is C16H13N9. The van der Waals surface area contributed by atoms with Gasteiger partial charge in [0.2, 0.25) is 11.7 Å². The van der Waals surface area contributed by atoms with Crippen molar-refractivity contribution in [3.05, 3.63) is 55.6 Å². The summed E-state index contributed by atoms with van der Waals surface area (Å²) < 4.78 is 5.39. The van der Waals surface area contributed by atoms with Crippen LogP contribution in [-0.2, 0) is 7.05 Å². The topological polar surface area (TPSA) is 90.2 Å². The van der Waals surface area contributed by atoms with Crippen molar-refractivity contribution in [1.82, 2.24) is 38.7 Å². The zero-order valence-electron chi connectivity index (χ0n) is 13.3. The molecule has 1 N–H and O–H groups in total. The fourth-order valence-electron chi connectivity index (χ4n) is 2.77. The van der Waals surface area contributed by atoms with Gasteiger partial charge in [0.05, 0.1) is 23.6 Å². The van der Waals surface area contributed by atoms with Crippen LogP contribution in [0.2, 0.25) is 0 Å². The van der Waals surface area contributed by atoms with Crippen LogP contribution in [0.3, 0.4) is 0 Å². The quantitative estimate of drug-likeness (QED) is 0.543. The van der Waals surface area contributed by atoms with Crippen LogP contribution < -0.4 is 5.32 Å². The number of imidazole rings is 1. The van der Waals surface area contributed by atoms with E-state index < -0.39 is 0 Å². The van der Waals surface area contributed by atoms with Crippen molar-refractivity contribution >= 4 is 22.9 Å². The summed E-state index contributed by atoms with van der Waals surface area (Å²) in [6.07, 6.45) is 14.7. The first-order chi connectivity index (χ1) is 12.3. The molecule has 0 spiro atoms. The van der Waals surface area contributed by atoms with E-state index >= 15 is 0 Å². The van der Waals surface area contributed by atoms with E-state index in [-0.39, 0.29) is 0 Å². The number of aryl methyl sites for hydroxylation is 1. The molecule has 0 unspecified atom stereocenters. The molecule has 0 aliphatic carbocycles. The number of nitrogens with zero attached hydrogens (tertiary/aromatic N) is 8. The van der Waals surface area contributed by atoms with Gasteiger partial charge in [-0.05, 0) is 6.07 Å². The van der Waals surface area contributed by atoms with E-state index in [9.17, 15) is 0 Å². The monoisotopic (exact) mass is 331 g/mol. The molecule has 9 nitrogen and oxygen atoms in total. The molecule has 0 aliphatic heterocycles. The highest BCUT2D eigenvalue weighted by Gasteiger charge is 2.10. The average Bonchev–Trinajstić information content (AvgIpc) is 3.33. The van der Waals surface area contributed by atoms with Gasteiger partial charge in [-0.25, -0.2) is 19.5 Å². The van der Waals surface area contributed by atoms with Gasteiger partial charge in [0.25, 0.3) is 0 Å². The lowest BCUT2D eigenvalue weighted by molar-refractivity contribution is 0.768. The van der Waals surface area contributed by atoms with E-state index in [0.717, 1.165) is 22.3 Å². The smallest absolute Gasteiger partial charge is 0.245 e. The first kappa shape index (κ1) is 13.7. The van der Waals surface area contributed by atoms with Crippen molar-refractivity contribution in [2.75, 3.05) is 5.32 Å². The maximum absolute atomic E-state index is 4.50. The van der Waals surface area contributed by atoms with Crippen molar-refractivity contribution in [2.45, 2.75) is 0 Å². The Bertz CT molecular complexity index is 1200. The maximum atomic E-state index is 4.50. The van der Waals surface area contributed by atoms with E-state index in [1.165, 1.54) is 0 Å². The lowest BCUT2D eigenvalue weighted by atomic mass is 10.1. The van der Waals surface area contributed by atoms with Crippen LogP contribution in [0.4, 0.5) is 11.6 Å². The maximum Gasteiger partial charge on any atom is 0.245 e. The third kappa shape index (κ3) is 2.29. The van der Waals surface area contributed by atoms with Crippen molar-refractivity contribution < 1.29 is 0 Å². The summed E-state index contributed by atoms with van der Waals surface area (Å²) in [5, 5.41) is 11.7. The number of hydrogen-bond donors (Lipinski definition) is 1. The number of anilines is 2. The molecule has 0 amide bonds. The minimum absolute atomic E-state index is 0.505. The molecular weight excluding hydrogens is 318 g/mol. The normalized spacial score (nSPS) is 11.4. The second-order valence-electron chi connectivity index (χ2n) is 5.65. The molecule has 25 heavy (non-hydrogen) atoms. The van der Waals surface area contributed by atoms with Crippen LogP contribution in [0.25, 0.3) is 22.4 Å². The first-order valence-corrected chi connectivity index (χ1v) is 7.65. The minimum atomic E-state index is 0.505. The molecule has 5 aromatic rings. The van der Waals surface area contributed by atoms with Crippen LogP contribution in [0.15, 0.2) is 55.6 Å². The molecule has 5 rings (SSSR count). The molecule has 5 aromatic heterocycles. The second kappa shape index (κ2) is 5.13. The van der Waals surface area contributed by atoms with Gasteiger partial charge < -0.3 is 5.32 Å². The summed E-state index contributed by atoms with van der Waals surface area (Å²) >= 11 is 0. The molecule has 0 bridgehead atoms. The fraction of sp³-hybridized carbons (Fsp3) is 0.0625. The lowest BCUT2D eigenvalue weighted by Gasteiger charge is -2.04. The highest BCUT2D eigenvalue weighted by atomic mass is 15.3. The van der Waals surface area contributed by atoms with Crippen LogP contribution >= 0.6 is 0 Å². The van der Waals surface area contributed by atoms with E-state index in [0.29, 0.717) is 11.7 Å². The Hall–Kier alpha value is -3.75. The van der Waals surface area contributed by atoms with Crippen LogP contribution in [0.5, 0.6) is 0 Å². The molecule has 0 radical (unpaired) electrons. The molecule has 0 saturated heterocycles. The van der Waals surface area contributed by atoms with Crippen molar-refractivity contribution in [1.29, 1.82) is 0 Å². The Balaban J connectivity index is 1.54. The van der Waals surface area contributed by atoms with Gasteiger partial charge in [-0.2, -0.15) is 5.10 Å². The third-order valence-corrected chi connectivity index (χ3v) is 3.93. The highest BCUT2D eigenvalue weighted by Crippen LogP contribution is 2.25. The predicted molar refractivity (Wildman–Crippen MR) is 91.5 cm³/mol. The molecule has 5 heterocycles. The Labute approximate surface area is 141 Å². The number of fused-ring (bicyclic) bond motifs is 2. The van der Waals surface area contributed by atoms with Crippen LogP contribution in [-0.4, -0.2) is 38.7 Å². The van der Waals surface area contributed by atoms with Crippen LogP contribution in [0.1, 0.15) is 0 Å². The fourth-order valence-corrected chi connectivity index (χ4v) is 2.77. The minimum Gasteiger partial charge on any atom is -0.320 e. The molecule has 0 aliphatic rings. The molecule has 0 atom stereocenters. The third-order valence-electron chi connectivity index (χ3n) is 3.93. The van der Waals surface area contributed by atoms with Gasteiger partial charge in [0.15, 0.2) is 0 Å². The zero-order chi connectivity index (χ0) is 16.8. The summed E-state index contributed by atoms with van der Waals surface area (Å²) in [5.74, 6) is 1.18. The zero-order valence-corrected chi connectivity index (χ0v) is 13.3. The molecule has 0 fully saturated rings. The van der Waals surface area contributed by atoms with Gasteiger partial charge in [-0.15, -0.1) is 5.10 Å². The van der Waals surface area contributed by atoms with Gasteiger partial charge >= 0.3 is 0 Å². The van der Waals surface area contributed by atoms with Gasteiger partial charge in [0, 0.05) is 55.4 Å². The Morgan fingerprint density at radius 2 is 1.96 bits per heavy atom. The standard InChI is InChI=1S/C16H13N9/c1-23-10-12(7-20-23)21-15-18-8-14-13(2-4-25(14)22-15)11-6-19-16-17-3-5-24(16)9-11/h2-10H,1H3,(H,21,22). The second-order valence-corrected chi connectivity index (χ2v) is 5.65. The van der Waals surface area contributed by atoms with E-state index in [1.807, 2.05) is 42.3 Å². The Morgan fingerprint density at radius 1 is 1.00 bits per heavy atom. The molecule has 0 saturated carbocycles. The number of aromatic nitrogens is 8. The number of hydrogen-bond acceptors (Lipinski definition) is 6. The summed E-state index contributed by atoms with van der Waals surface area (Å²) in [5.41, 5.74) is 3.72. The molecule has 122 valence electrons. The Morgan fingerprint density at radius 3 is 2.84 bits per heavy atom. The van der Waals surface area contributed by atoms with E-state index in [2.05, 4.69) is 30.5 Å². The van der Waals surface area contributed by atoms with E-state index in [4.69, 9.17) is 0 Å². The SMILES string of the molecule is Cn1cc(Nc2ncc3c(-c4cnc5nccn5c4)ccn3n2)cn1. The van der Waals surface area contributed by atoms with Crippen molar-refractivity contribution in [3.63, 3.8) is 0 Å². The molecule has 9 heteroatoms.